The van der Waals surface area contributed by atoms with E-state index in [4.69, 9.17) is 0 Å². The van der Waals surface area contributed by atoms with Crippen LogP contribution in [0.4, 0.5) is 0 Å². The Bertz CT molecular complexity index is 400. The summed E-state index contributed by atoms with van der Waals surface area (Å²) in [6.45, 7) is 0.943. The highest BCUT2D eigenvalue weighted by Crippen LogP contribution is 2.55. The van der Waals surface area contributed by atoms with E-state index in [2.05, 4.69) is 4.90 Å². The van der Waals surface area contributed by atoms with Crippen LogP contribution in [0.3, 0.4) is 0 Å². The van der Waals surface area contributed by atoms with Gasteiger partial charge in [0.05, 0.1) is 6.10 Å². The quantitative estimate of drug-likeness (QED) is 0.849. The average Bonchev–Trinajstić information content (AvgIpc) is 3.13. The summed E-state index contributed by atoms with van der Waals surface area (Å²) in [7, 11) is 0. The number of hydrogen-bond donors (Lipinski definition) is 1. The maximum atomic E-state index is 13.0. The third-order valence-electron chi connectivity index (χ3n) is 6.70. The molecule has 4 rings (SSSR count). The number of nitrogens with zero attached hydrogens (tertiary/aromatic N) is 1. The highest BCUT2D eigenvalue weighted by atomic mass is 16.3. The van der Waals surface area contributed by atoms with Crippen LogP contribution in [-0.4, -0.2) is 34.6 Å². The van der Waals surface area contributed by atoms with E-state index in [1.807, 2.05) is 0 Å². The highest BCUT2D eigenvalue weighted by Gasteiger charge is 2.50. The minimum atomic E-state index is -0.172. The molecule has 1 heterocycles. The highest BCUT2D eigenvalue weighted by molar-refractivity contribution is 5.80. The largest absolute Gasteiger partial charge is 0.393 e. The van der Waals surface area contributed by atoms with E-state index in [0.29, 0.717) is 23.8 Å². The van der Waals surface area contributed by atoms with Crippen LogP contribution >= 0.6 is 0 Å². The lowest BCUT2D eigenvalue weighted by Gasteiger charge is -2.44. The monoisotopic (exact) mass is 291 g/mol. The predicted octanol–water partition coefficient (Wildman–Crippen LogP) is 2.96. The summed E-state index contributed by atoms with van der Waals surface area (Å²) in [4.78, 5) is 15.2. The van der Waals surface area contributed by atoms with Crippen molar-refractivity contribution in [1.29, 1.82) is 0 Å². The Balaban J connectivity index is 1.46. The van der Waals surface area contributed by atoms with E-state index in [9.17, 15) is 9.90 Å². The average molecular weight is 291 g/mol. The first-order valence-electron chi connectivity index (χ1n) is 9.22. The smallest absolute Gasteiger partial charge is 0.225 e. The summed E-state index contributed by atoms with van der Waals surface area (Å²) in [5, 5.41) is 10.4. The molecular formula is C18H29NO2. The van der Waals surface area contributed by atoms with E-state index in [1.165, 1.54) is 19.3 Å². The molecule has 21 heavy (non-hydrogen) atoms. The van der Waals surface area contributed by atoms with E-state index in [1.54, 1.807) is 0 Å². The van der Waals surface area contributed by atoms with Crippen molar-refractivity contribution in [2.45, 2.75) is 76.4 Å². The molecule has 0 aromatic heterocycles. The minimum Gasteiger partial charge on any atom is -0.393 e. The number of hydrogen-bond acceptors (Lipinski definition) is 2. The van der Waals surface area contributed by atoms with Crippen LogP contribution in [0.25, 0.3) is 0 Å². The van der Waals surface area contributed by atoms with Gasteiger partial charge in [-0.15, -0.1) is 0 Å². The first-order valence-corrected chi connectivity index (χ1v) is 9.22. The molecule has 1 aliphatic heterocycles. The van der Waals surface area contributed by atoms with Gasteiger partial charge in [-0.05, 0) is 63.2 Å². The van der Waals surface area contributed by atoms with E-state index >= 15 is 0 Å². The molecular weight excluding hydrogens is 262 g/mol. The normalized spacial score (nSPS) is 46.2. The summed E-state index contributed by atoms with van der Waals surface area (Å²) >= 11 is 0. The third-order valence-corrected chi connectivity index (χ3v) is 6.70. The molecule has 3 nitrogen and oxygen atoms in total. The first kappa shape index (κ1) is 14.0. The van der Waals surface area contributed by atoms with E-state index in [0.717, 1.165) is 63.3 Å². The zero-order valence-corrected chi connectivity index (χ0v) is 13.0. The Labute approximate surface area is 128 Å². The zero-order valence-electron chi connectivity index (χ0n) is 13.0. The number of amides is 1. The van der Waals surface area contributed by atoms with Gasteiger partial charge >= 0.3 is 0 Å². The third kappa shape index (κ3) is 2.62. The number of likely N-dealkylation sites (tertiary alicyclic amines) is 1. The number of rotatable bonds is 2. The second-order valence-electron chi connectivity index (χ2n) is 8.03. The number of carbonyl (C=O) groups excluding carboxylic acids is 1. The number of carbonyl (C=O) groups is 1. The van der Waals surface area contributed by atoms with Crippen molar-refractivity contribution < 1.29 is 9.90 Å². The molecule has 0 aromatic carbocycles. The Morgan fingerprint density at radius 3 is 2.38 bits per heavy atom. The van der Waals surface area contributed by atoms with Crippen molar-refractivity contribution in [1.82, 2.24) is 4.90 Å². The van der Waals surface area contributed by atoms with Crippen molar-refractivity contribution in [2.24, 2.45) is 23.7 Å². The fourth-order valence-electron chi connectivity index (χ4n) is 5.42. The molecule has 5 unspecified atom stereocenters. The van der Waals surface area contributed by atoms with Crippen molar-refractivity contribution >= 4 is 5.91 Å². The van der Waals surface area contributed by atoms with Gasteiger partial charge in [0.2, 0.25) is 5.91 Å². The predicted molar refractivity (Wildman–Crippen MR) is 81.6 cm³/mol. The molecule has 3 heteroatoms. The van der Waals surface area contributed by atoms with Gasteiger partial charge in [-0.1, -0.05) is 12.8 Å². The zero-order chi connectivity index (χ0) is 14.4. The van der Waals surface area contributed by atoms with Crippen LogP contribution < -0.4 is 0 Å². The Kier molecular flexibility index (Phi) is 3.72. The van der Waals surface area contributed by atoms with Crippen LogP contribution in [-0.2, 0) is 4.79 Å². The summed E-state index contributed by atoms with van der Waals surface area (Å²) < 4.78 is 0. The SMILES string of the molecule is O=C(C1CC2CC2C1)N1CCCCC1C1CCCCC1O. The van der Waals surface area contributed by atoms with Crippen molar-refractivity contribution in [2.75, 3.05) is 6.54 Å². The van der Waals surface area contributed by atoms with Gasteiger partial charge in [0.25, 0.3) is 0 Å². The van der Waals surface area contributed by atoms with Crippen LogP contribution in [0.5, 0.6) is 0 Å². The number of piperidine rings is 1. The lowest BCUT2D eigenvalue weighted by molar-refractivity contribution is -0.142. The fourth-order valence-corrected chi connectivity index (χ4v) is 5.42. The molecule has 0 spiro atoms. The molecule has 1 N–H and O–H groups in total. The summed E-state index contributed by atoms with van der Waals surface area (Å²) in [5.74, 6) is 2.85. The molecule has 1 saturated heterocycles. The Morgan fingerprint density at radius 1 is 0.905 bits per heavy atom. The van der Waals surface area contributed by atoms with E-state index in [-0.39, 0.29) is 6.10 Å². The minimum absolute atomic E-state index is 0.172. The number of aliphatic hydroxyl groups is 1. The van der Waals surface area contributed by atoms with Gasteiger partial charge < -0.3 is 10.0 Å². The molecule has 3 saturated carbocycles. The van der Waals surface area contributed by atoms with Gasteiger partial charge in [0.1, 0.15) is 0 Å². The fraction of sp³-hybridized carbons (Fsp3) is 0.944. The van der Waals surface area contributed by atoms with Crippen molar-refractivity contribution in [3.63, 3.8) is 0 Å². The summed E-state index contributed by atoms with van der Waals surface area (Å²) in [6, 6.07) is 0.332. The van der Waals surface area contributed by atoms with Crippen LogP contribution in [0, 0.1) is 23.7 Å². The molecule has 5 atom stereocenters. The second kappa shape index (κ2) is 5.57. The Morgan fingerprint density at radius 2 is 1.62 bits per heavy atom. The molecule has 3 aliphatic carbocycles. The van der Waals surface area contributed by atoms with Gasteiger partial charge in [0, 0.05) is 24.4 Å². The van der Waals surface area contributed by atoms with E-state index < -0.39 is 0 Å². The lowest BCUT2D eigenvalue weighted by Crippen LogP contribution is -2.52. The molecule has 4 aliphatic rings. The molecule has 4 fully saturated rings. The van der Waals surface area contributed by atoms with Crippen LogP contribution in [0.2, 0.25) is 0 Å². The molecule has 0 bridgehead atoms. The lowest BCUT2D eigenvalue weighted by atomic mass is 9.77. The topological polar surface area (TPSA) is 40.5 Å². The maximum absolute atomic E-state index is 13.0. The Hall–Kier alpha value is -0.570. The molecule has 1 amide bonds. The van der Waals surface area contributed by atoms with Gasteiger partial charge in [0.15, 0.2) is 0 Å². The number of fused-ring (bicyclic) bond motifs is 1. The molecule has 0 aromatic rings. The van der Waals surface area contributed by atoms with Crippen LogP contribution in [0.15, 0.2) is 0 Å². The summed E-state index contributed by atoms with van der Waals surface area (Å²) in [5.41, 5.74) is 0. The van der Waals surface area contributed by atoms with Gasteiger partial charge in [-0.25, -0.2) is 0 Å². The number of aliphatic hydroxyl groups excluding tert-OH is 1. The molecule has 0 radical (unpaired) electrons. The standard InChI is InChI=1S/C18H29NO2/c20-17-7-2-1-5-15(17)16-6-3-4-8-19(16)18(21)14-10-12-9-13(12)11-14/h12-17,20H,1-11H2. The van der Waals surface area contributed by atoms with Gasteiger partial charge in [-0.3, -0.25) is 4.79 Å². The molecule has 118 valence electrons. The first-order chi connectivity index (χ1) is 10.2. The second-order valence-corrected chi connectivity index (χ2v) is 8.03. The maximum Gasteiger partial charge on any atom is 0.225 e. The van der Waals surface area contributed by atoms with Crippen LogP contribution in [0.1, 0.15) is 64.2 Å². The van der Waals surface area contributed by atoms with Gasteiger partial charge in [-0.2, -0.15) is 0 Å². The van der Waals surface area contributed by atoms with Crippen molar-refractivity contribution in [3.05, 3.63) is 0 Å². The summed E-state index contributed by atoms with van der Waals surface area (Å²) in [6.07, 6.45) is 11.5. The van der Waals surface area contributed by atoms with Crippen molar-refractivity contribution in [3.8, 4) is 0 Å².